The van der Waals surface area contributed by atoms with E-state index in [1.165, 1.54) is 0 Å². The average molecular weight is 303 g/mol. The van der Waals surface area contributed by atoms with Crippen LogP contribution in [0.3, 0.4) is 0 Å². The molecular formula is C13H17BrClN. The first-order valence-electron chi connectivity index (χ1n) is 5.42. The molecule has 0 heterocycles. The molecule has 88 valence electrons. The quantitative estimate of drug-likeness (QED) is 0.592. The third-order valence-electron chi connectivity index (χ3n) is 2.61. The Labute approximate surface area is 111 Å². The van der Waals surface area contributed by atoms with Gasteiger partial charge in [0.25, 0.3) is 0 Å². The van der Waals surface area contributed by atoms with Crippen molar-refractivity contribution in [2.75, 3.05) is 7.05 Å². The maximum atomic E-state index is 6.27. The molecule has 1 nitrogen and oxygen atoms in total. The van der Waals surface area contributed by atoms with Gasteiger partial charge in [-0.3, -0.25) is 0 Å². The van der Waals surface area contributed by atoms with Crippen LogP contribution < -0.4 is 5.32 Å². The number of benzene rings is 1. The number of halogens is 2. The Balaban J connectivity index is 2.78. The minimum atomic E-state index is 0.310. The molecule has 0 bridgehead atoms. The van der Waals surface area contributed by atoms with E-state index in [4.69, 9.17) is 11.6 Å². The molecule has 1 unspecified atom stereocenters. The van der Waals surface area contributed by atoms with E-state index in [0.29, 0.717) is 6.04 Å². The van der Waals surface area contributed by atoms with E-state index in [2.05, 4.69) is 33.9 Å². The van der Waals surface area contributed by atoms with E-state index in [1.807, 2.05) is 25.3 Å². The van der Waals surface area contributed by atoms with Crippen LogP contribution in [0.25, 0.3) is 0 Å². The van der Waals surface area contributed by atoms with Gasteiger partial charge in [0.15, 0.2) is 0 Å². The number of hydrogen-bond donors (Lipinski definition) is 1. The Morgan fingerprint density at radius 3 is 2.94 bits per heavy atom. The molecule has 1 aromatic carbocycles. The van der Waals surface area contributed by atoms with Crippen LogP contribution in [0, 0.1) is 0 Å². The summed E-state index contributed by atoms with van der Waals surface area (Å²) in [5.41, 5.74) is 1.16. The second kappa shape index (κ2) is 7.10. The summed E-state index contributed by atoms with van der Waals surface area (Å²) in [6.07, 6.45) is 5.19. The molecular weight excluding hydrogens is 286 g/mol. The van der Waals surface area contributed by atoms with Gasteiger partial charge in [0.1, 0.15) is 0 Å². The molecule has 0 aliphatic carbocycles. The highest BCUT2D eigenvalue weighted by Gasteiger charge is 2.13. The van der Waals surface area contributed by atoms with Crippen molar-refractivity contribution < 1.29 is 0 Å². The number of rotatable bonds is 6. The lowest BCUT2D eigenvalue weighted by Gasteiger charge is -2.18. The van der Waals surface area contributed by atoms with Crippen LogP contribution in [0.1, 0.15) is 30.9 Å². The smallest absolute Gasteiger partial charge is 0.0595 e. The Kier molecular flexibility index (Phi) is 6.10. The van der Waals surface area contributed by atoms with Crippen LogP contribution in [-0.2, 0) is 0 Å². The molecule has 0 aromatic heterocycles. The topological polar surface area (TPSA) is 12.0 Å². The monoisotopic (exact) mass is 301 g/mol. The third-order valence-corrected chi connectivity index (χ3v) is 3.92. The standard InChI is InChI=1S/C13H17BrClN/c1-3-4-5-9-12(16-2)10-7-6-8-11(14)13(10)15/h3,6-8,12,16H,1,4-5,9H2,2H3. The SMILES string of the molecule is C=CCCCC(NC)c1cccc(Br)c1Cl. The molecule has 1 rings (SSSR count). The molecule has 0 spiro atoms. The van der Waals surface area contributed by atoms with Gasteiger partial charge in [0.05, 0.1) is 5.02 Å². The molecule has 16 heavy (non-hydrogen) atoms. The zero-order chi connectivity index (χ0) is 12.0. The van der Waals surface area contributed by atoms with Crippen molar-refractivity contribution >= 4 is 27.5 Å². The van der Waals surface area contributed by atoms with Crippen LogP contribution in [0.2, 0.25) is 5.02 Å². The summed E-state index contributed by atoms with van der Waals surface area (Å²) < 4.78 is 0.954. The Morgan fingerprint density at radius 2 is 2.31 bits per heavy atom. The van der Waals surface area contributed by atoms with Crippen LogP contribution in [0.4, 0.5) is 0 Å². The lowest BCUT2D eigenvalue weighted by atomic mass is 10.0. The highest BCUT2D eigenvalue weighted by Crippen LogP contribution is 2.32. The first-order chi connectivity index (χ1) is 7.70. The summed E-state index contributed by atoms with van der Waals surface area (Å²) in [6, 6.07) is 6.36. The number of hydrogen-bond acceptors (Lipinski definition) is 1. The van der Waals surface area contributed by atoms with Gasteiger partial charge in [0, 0.05) is 10.5 Å². The first kappa shape index (κ1) is 13.8. The largest absolute Gasteiger partial charge is 0.313 e. The lowest BCUT2D eigenvalue weighted by Crippen LogP contribution is -2.16. The van der Waals surface area contributed by atoms with E-state index in [0.717, 1.165) is 34.3 Å². The Morgan fingerprint density at radius 1 is 1.56 bits per heavy atom. The first-order valence-corrected chi connectivity index (χ1v) is 6.60. The molecule has 0 amide bonds. The fraction of sp³-hybridized carbons (Fsp3) is 0.385. The molecule has 1 aromatic rings. The number of nitrogens with one attached hydrogen (secondary N) is 1. The second-order valence-corrected chi connectivity index (χ2v) is 4.94. The molecule has 0 aliphatic rings. The van der Waals surface area contributed by atoms with Gasteiger partial charge < -0.3 is 5.32 Å². The van der Waals surface area contributed by atoms with Crippen molar-refractivity contribution in [3.8, 4) is 0 Å². The predicted octanol–water partition coefficient (Wildman–Crippen LogP) is 4.72. The van der Waals surface area contributed by atoms with E-state index in [-0.39, 0.29) is 0 Å². The maximum absolute atomic E-state index is 6.27. The lowest BCUT2D eigenvalue weighted by molar-refractivity contribution is 0.530. The highest BCUT2D eigenvalue weighted by atomic mass is 79.9. The van der Waals surface area contributed by atoms with Crippen LogP contribution in [-0.4, -0.2) is 7.05 Å². The van der Waals surface area contributed by atoms with Crippen molar-refractivity contribution in [2.45, 2.75) is 25.3 Å². The van der Waals surface area contributed by atoms with Crippen molar-refractivity contribution in [3.63, 3.8) is 0 Å². The molecule has 0 fully saturated rings. The summed E-state index contributed by atoms with van der Waals surface area (Å²) in [7, 11) is 1.97. The van der Waals surface area contributed by atoms with Gasteiger partial charge in [-0.2, -0.15) is 0 Å². The van der Waals surface area contributed by atoms with Gasteiger partial charge in [-0.05, 0) is 53.9 Å². The van der Waals surface area contributed by atoms with Gasteiger partial charge >= 0.3 is 0 Å². The van der Waals surface area contributed by atoms with E-state index < -0.39 is 0 Å². The molecule has 0 radical (unpaired) electrons. The average Bonchev–Trinajstić information content (AvgIpc) is 2.29. The van der Waals surface area contributed by atoms with Crippen molar-refractivity contribution in [1.29, 1.82) is 0 Å². The van der Waals surface area contributed by atoms with Crippen molar-refractivity contribution in [1.82, 2.24) is 5.32 Å². The van der Waals surface area contributed by atoms with Crippen molar-refractivity contribution in [3.05, 3.63) is 45.9 Å². The molecule has 0 saturated heterocycles. The van der Waals surface area contributed by atoms with E-state index >= 15 is 0 Å². The molecule has 0 saturated carbocycles. The molecule has 1 atom stereocenters. The summed E-state index contributed by atoms with van der Waals surface area (Å²) in [6.45, 7) is 3.73. The minimum Gasteiger partial charge on any atom is -0.313 e. The van der Waals surface area contributed by atoms with Gasteiger partial charge in [-0.15, -0.1) is 6.58 Å². The third kappa shape index (κ3) is 3.62. The zero-order valence-corrected chi connectivity index (χ0v) is 11.8. The normalized spacial score (nSPS) is 12.4. The predicted molar refractivity (Wildman–Crippen MR) is 75.0 cm³/mol. The maximum Gasteiger partial charge on any atom is 0.0595 e. The number of unbranched alkanes of at least 4 members (excludes halogenated alkanes) is 1. The van der Waals surface area contributed by atoms with E-state index in [9.17, 15) is 0 Å². The minimum absolute atomic E-state index is 0.310. The number of allylic oxidation sites excluding steroid dienone is 1. The van der Waals surface area contributed by atoms with Gasteiger partial charge in [-0.1, -0.05) is 29.8 Å². The Hall–Kier alpha value is -0.310. The summed E-state index contributed by atoms with van der Waals surface area (Å²) >= 11 is 9.72. The zero-order valence-electron chi connectivity index (χ0n) is 9.47. The van der Waals surface area contributed by atoms with Gasteiger partial charge in [0.2, 0.25) is 0 Å². The molecule has 0 aliphatic heterocycles. The molecule has 1 N–H and O–H groups in total. The van der Waals surface area contributed by atoms with Gasteiger partial charge in [-0.25, -0.2) is 0 Å². The fourth-order valence-corrected chi connectivity index (χ4v) is 2.35. The Bertz CT molecular complexity index is 352. The van der Waals surface area contributed by atoms with Crippen LogP contribution in [0.15, 0.2) is 35.3 Å². The fourth-order valence-electron chi connectivity index (χ4n) is 1.71. The summed E-state index contributed by atoms with van der Waals surface area (Å²) in [5, 5.41) is 4.11. The highest BCUT2D eigenvalue weighted by molar-refractivity contribution is 9.10. The summed E-state index contributed by atoms with van der Waals surface area (Å²) in [4.78, 5) is 0. The second-order valence-electron chi connectivity index (χ2n) is 3.70. The van der Waals surface area contributed by atoms with Crippen molar-refractivity contribution in [2.24, 2.45) is 0 Å². The van der Waals surface area contributed by atoms with E-state index in [1.54, 1.807) is 0 Å². The molecule has 3 heteroatoms. The van der Waals surface area contributed by atoms with Crippen LogP contribution in [0.5, 0.6) is 0 Å². The van der Waals surface area contributed by atoms with Crippen LogP contribution >= 0.6 is 27.5 Å². The summed E-state index contributed by atoms with van der Waals surface area (Å²) in [5.74, 6) is 0.